The Kier molecular flexibility index (Phi) is 6.33. The van der Waals surface area contributed by atoms with E-state index in [1.165, 1.54) is 0 Å². The van der Waals surface area contributed by atoms with E-state index in [9.17, 15) is 9.59 Å². The maximum atomic E-state index is 12.6. The number of thiocarbonyl (C=S) groups is 1. The summed E-state index contributed by atoms with van der Waals surface area (Å²) in [5, 5.41) is 0. The minimum Gasteiger partial charge on any atom is -0.458 e. The van der Waals surface area contributed by atoms with E-state index in [-0.39, 0.29) is 23.7 Å². The summed E-state index contributed by atoms with van der Waals surface area (Å²) < 4.78 is 5.56. The molecule has 0 aliphatic carbocycles. The summed E-state index contributed by atoms with van der Waals surface area (Å²) in [6.07, 6.45) is 1.97. The average Bonchev–Trinajstić information content (AvgIpc) is 3.00. The van der Waals surface area contributed by atoms with Gasteiger partial charge in [-0.05, 0) is 46.1 Å². The first-order valence-corrected chi connectivity index (χ1v) is 9.17. The first kappa shape index (κ1) is 19.6. The predicted molar refractivity (Wildman–Crippen MR) is 103 cm³/mol. The molecule has 1 saturated heterocycles. The van der Waals surface area contributed by atoms with Crippen molar-refractivity contribution in [2.75, 3.05) is 6.54 Å². The lowest BCUT2D eigenvalue weighted by atomic mass is 9.93. The Hall–Kier alpha value is -1.75. The summed E-state index contributed by atoms with van der Waals surface area (Å²) in [5.41, 5.74) is 0.489. The number of hydrogen-bond donors (Lipinski definition) is 0. The Labute approximate surface area is 155 Å². The van der Waals surface area contributed by atoms with Gasteiger partial charge in [-0.1, -0.05) is 42.5 Å². The van der Waals surface area contributed by atoms with Crippen LogP contribution in [0.25, 0.3) is 0 Å². The SMILES string of the molecule is CC(=O)CC(C(=S)N1CCC[C@H]1C(=O)OC(C)(C)C)c1ccccc1. The van der Waals surface area contributed by atoms with E-state index in [2.05, 4.69) is 0 Å². The maximum absolute atomic E-state index is 12.6. The second-order valence-corrected chi connectivity index (χ2v) is 8.01. The predicted octanol–water partition coefficient (Wildman–Crippen LogP) is 3.88. The standard InChI is InChI=1S/C20H27NO3S/c1-14(22)13-16(15-9-6-5-7-10-15)18(25)21-12-8-11-17(21)19(23)24-20(2,3)4/h5-7,9-10,16-17H,8,11-13H2,1-4H3/t16?,17-/m0/s1. The number of likely N-dealkylation sites (tertiary alicyclic amines) is 1. The van der Waals surface area contributed by atoms with Crippen LogP contribution in [0.4, 0.5) is 0 Å². The van der Waals surface area contributed by atoms with Crippen molar-refractivity contribution in [1.29, 1.82) is 0 Å². The van der Waals surface area contributed by atoms with E-state index in [1.54, 1.807) is 6.92 Å². The van der Waals surface area contributed by atoms with E-state index >= 15 is 0 Å². The summed E-state index contributed by atoms with van der Waals surface area (Å²) in [4.78, 5) is 27.0. The van der Waals surface area contributed by atoms with Gasteiger partial charge in [0.2, 0.25) is 0 Å². The number of esters is 1. The molecule has 25 heavy (non-hydrogen) atoms. The maximum Gasteiger partial charge on any atom is 0.329 e. The highest BCUT2D eigenvalue weighted by Gasteiger charge is 2.37. The molecule has 0 radical (unpaired) electrons. The topological polar surface area (TPSA) is 46.6 Å². The van der Waals surface area contributed by atoms with E-state index in [0.717, 1.165) is 24.9 Å². The van der Waals surface area contributed by atoms with Crippen molar-refractivity contribution in [2.24, 2.45) is 0 Å². The molecule has 1 fully saturated rings. The molecule has 136 valence electrons. The average molecular weight is 362 g/mol. The van der Waals surface area contributed by atoms with Gasteiger partial charge in [0.05, 0.1) is 4.99 Å². The van der Waals surface area contributed by atoms with Crippen LogP contribution in [0.3, 0.4) is 0 Å². The number of carbonyl (C=O) groups is 2. The number of carbonyl (C=O) groups excluding carboxylic acids is 2. The van der Waals surface area contributed by atoms with Crippen LogP contribution >= 0.6 is 12.2 Å². The fraction of sp³-hybridized carbons (Fsp3) is 0.550. The van der Waals surface area contributed by atoms with E-state index < -0.39 is 5.60 Å². The zero-order valence-electron chi connectivity index (χ0n) is 15.5. The molecule has 0 aromatic heterocycles. The number of hydrogen-bond acceptors (Lipinski definition) is 4. The highest BCUT2D eigenvalue weighted by molar-refractivity contribution is 7.80. The molecule has 0 bridgehead atoms. The van der Waals surface area contributed by atoms with Crippen molar-refractivity contribution in [3.8, 4) is 0 Å². The molecular formula is C20H27NO3S. The van der Waals surface area contributed by atoms with Gasteiger partial charge in [-0.25, -0.2) is 4.79 Å². The smallest absolute Gasteiger partial charge is 0.329 e. The summed E-state index contributed by atoms with van der Waals surface area (Å²) in [7, 11) is 0. The third-order valence-electron chi connectivity index (χ3n) is 4.21. The van der Waals surface area contributed by atoms with Crippen LogP contribution in [-0.4, -0.2) is 39.8 Å². The number of Topliss-reactive ketones (excluding diaryl/α,β-unsaturated/α-hetero) is 1. The number of ether oxygens (including phenoxy) is 1. The van der Waals surface area contributed by atoms with Crippen molar-refractivity contribution in [1.82, 2.24) is 4.90 Å². The molecule has 1 heterocycles. The zero-order valence-corrected chi connectivity index (χ0v) is 16.3. The molecular weight excluding hydrogens is 334 g/mol. The highest BCUT2D eigenvalue weighted by atomic mass is 32.1. The molecule has 1 aromatic rings. The van der Waals surface area contributed by atoms with E-state index in [1.807, 2.05) is 56.0 Å². The van der Waals surface area contributed by atoms with E-state index in [4.69, 9.17) is 17.0 Å². The summed E-state index contributed by atoms with van der Waals surface area (Å²) >= 11 is 5.74. The van der Waals surface area contributed by atoms with Crippen LogP contribution in [0.1, 0.15) is 58.4 Å². The second kappa shape index (κ2) is 8.09. The van der Waals surface area contributed by atoms with Gasteiger partial charge in [0.25, 0.3) is 0 Å². The number of benzene rings is 1. The molecule has 0 saturated carbocycles. The van der Waals surface area contributed by atoms with Crippen molar-refractivity contribution in [3.05, 3.63) is 35.9 Å². The van der Waals surface area contributed by atoms with Crippen LogP contribution in [0.5, 0.6) is 0 Å². The van der Waals surface area contributed by atoms with Crippen molar-refractivity contribution in [2.45, 2.75) is 64.5 Å². The zero-order chi connectivity index (χ0) is 18.6. The first-order chi connectivity index (χ1) is 11.7. The monoisotopic (exact) mass is 361 g/mol. The molecule has 1 aliphatic rings. The highest BCUT2D eigenvalue weighted by Crippen LogP contribution is 2.30. The summed E-state index contributed by atoms with van der Waals surface area (Å²) in [6.45, 7) is 7.90. The normalized spacial score (nSPS) is 18.7. The fourth-order valence-corrected chi connectivity index (χ4v) is 3.60. The molecule has 1 unspecified atom stereocenters. The molecule has 1 aliphatic heterocycles. The summed E-state index contributed by atoms with van der Waals surface area (Å²) in [5.74, 6) is -0.331. The lowest BCUT2D eigenvalue weighted by Gasteiger charge is -2.32. The first-order valence-electron chi connectivity index (χ1n) is 8.77. The minimum atomic E-state index is -0.523. The molecule has 0 N–H and O–H groups in total. The third kappa shape index (κ3) is 5.36. The lowest BCUT2D eigenvalue weighted by molar-refractivity contribution is -0.159. The number of nitrogens with zero attached hydrogens (tertiary/aromatic N) is 1. The fourth-order valence-electron chi connectivity index (χ4n) is 3.17. The van der Waals surface area contributed by atoms with Gasteiger partial charge in [0, 0.05) is 18.9 Å². The molecule has 0 spiro atoms. The third-order valence-corrected chi connectivity index (χ3v) is 4.73. The summed E-state index contributed by atoms with van der Waals surface area (Å²) in [6, 6.07) is 9.44. The Balaban J connectivity index is 2.22. The quantitative estimate of drug-likeness (QED) is 0.588. The van der Waals surface area contributed by atoms with Crippen molar-refractivity contribution < 1.29 is 14.3 Å². The Bertz CT molecular complexity index is 636. The van der Waals surface area contributed by atoms with Crippen LogP contribution in [0, 0.1) is 0 Å². The molecule has 0 amide bonds. The second-order valence-electron chi connectivity index (χ2n) is 7.59. The Morgan fingerprint density at radius 1 is 1.28 bits per heavy atom. The van der Waals surface area contributed by atoms with Crippen LogP contribution < -0.4 is 0 Å². The van der Waals surface area contributed by atoms with Gasteiger partial charge >= 0.3 is 5.97 Å². The van der Waals surface area contributed by atoms with Gasteiger partial charge in [-0.15, -0.1) is 0 Å². The number of ketones is 1. The molecule has 1 aromatic carbocycles. The Morgan fingerprint density at radius 3 is 2.48 bits per heavy atom. The minimum absolute atomic E-state index is 0.0872. The lowest BCUT2D eigenvalue weighted by Crippen LogP contribution is -2.44. The molecule has 2 rings (SSSR count). The van der Waals surface area contributed by atoms with Crippen molar-refractivity contribution in [3.63, 3.8) is 0 Å². The molecule has 5 heteroatoms. The van der Waals surface area contributed by atoms with Crippen LogP contribution in [0.2, 0.25) is 0 Å². The van der Waals surface area contributed by atoms with Gasteiger partial charge in [0.1, 0.15) is 17.4 Å². The number of rotatable bonds is 5. The van der Waals surface area contributed by atoms with Gasteiger partial charge in [-0.2, -0.15) is 0 Å². The van der Waals surface area contributed by atoms with Gasteiger partial charge in [-0.3, -0.25) is 4.79 Å². The van der Waals surface area contributed by atoms with E-state index in [0.29, 0.717) is 11.4 Å². The largest absolute Gasteiger partial charge is 0.458 e. The van der Waals surface area contributed by atoms with Crippen LogP contribution in [-0.2, 0) is 14.3 Å². The van der Waals surface area contributed by atoms with Gasteiger partial charge in [0.15, 0.2) is 0 Å². The molecule has 4 nitrogen and oxygen atoms in total. The van der Waals surface area contributed by atoms with Gasteiger partial charge < -0.3 is 9.64 Å². The van der Waals surface area contributed by atoms with Crippen LogP contribution in [0.15, 0.2) is 30.3 Å². The molecule has 2 atom stereocenters. The Morgan fingerprint density at radius 2 is 1.92 bits per heavy atom. The van der Waals surface area contributed by atoms with Crippen molar-refractivity contribution >= 4 is 29.0 Å².